The summed E-state index contributed by atoms with van der Waals surface area (Å²) in [5.74, 6) is -32.7. The monoisotopic (exact) mass is 2000 g/mol. The normalized spacial score (nSPS) is 27.9. The first-order chi connectivity index (χ1) is 66.2. The van der Waals surface area contributed by atoms with Gasteiger partial charge < -0.3 is 139 Å². The third-order valence-electron chi connectivity index (χ3n) is 23.1. The van der Waals surface area contributed by atoms with Crippen LogP contribution in [0.25, 0.3) is 0 Å². The fourth-order valence-electron chi connectivity index (χ4n) is 15.3. The lowest BCUT2D eigenvalue weighted by molar-refractivity contribution is -0.152. The highest BCUT2D eigenvalue weighted by molar-refractivity contribution is 8.00. The number of aliphatic carboxylic acids is 2. The molecule has 0 aromatic heterocycles. The van der Waals surface area contributed by atoms with Crippen LogP contribution >= 0.6 is 35.3 Å². The van der Waals surface area contributed by atoms with Gasteiger partial charge in [-0.25, -0.2) is 9.59 Å². The number of hydrogen-bond acceptors (Lipinski definition) is 29. The number of carbonyl (C=O) groups is 22. The first kappa shape index (κ1) is 111. The van der Waals surface area contributed by atoms with Crippen molar-refractivity contribution >= 4 is 165 Å². The third-order valence-corrected chi connectivity index (χ3v) is 26.7. The van der Waals surface area contributed by atoms with Gasteiger partial charge in [0.05, 0.1) is 25.6 Å². The molecular weight excluding hydrogens is 1880 g/mol. The van der Waals surface area contributed by atoms with Gasteiger partial charge in [0.1, 0.15) is 96.7 Å². The Morgan fingerprint density at radius 1 is 0.439 bits per heavy atom. The number of fused-ring (bicyclic) bond motifs is 22. The maximum atomic E-state index is 16.1. The van der Waals surface area contributed by atoms with Crippen LogP contribution in [0.5, 0.6) is 0 Å². The van der Waals surface area contributed by atoms with Crippen LogP contribution in [0.4, 0.5) is 0 Å². The van der Waals surface area contributed by atoms with Gasteiger partial charge in [0.25, 0.3) is 0 Å². The summed E-state index contributed by atoms with van der Waals surface area (Å²) < 4.78 is 0. The van der Waals surface area contributed by atoms with Gasteiger partial charge in [-0.15, -0.1) is 0 Å². The van der Waals surface area contributed by atoms with Gasteiger partial charge in [0, 0.05) is 72.8 Å². The van der Waals surface area contributed by atoms with Crippen LogP contribution in [-0.4, -0.2) is 332 Å². The molecule has 8 rings (SSSR count). The van der Waals surface area contributed by atoms with E-state index in [-0.39, 0.29) is 77.4 Å². The maximum Gasteiger partial charge on any atom is 0.335 e. The fraction of sp³-hybridized carbons (Fsp3) is 0.545. The number of carboxylic acids is 2. The Balaban J connectivity index is 1.41. The molecule has 5 aliphatic heterocycles. The molecule has 0 aliphatic carbocycles. The van der Waals surface area contributed by atoms with Crippen LogP contribution in [-0.2, 0) is 125 Å². The minimum absolute atomic E-state index is 0.0208. The SMILES string of the molecule is CC(C)[C@@H]1NC(=O)[C@H](Cc2ccccc2)NC(=O)[C@@H]2NC(=O)[C@H](Cc3ccccc3)NC(=O)[C@@H]3CCCN3C(=O)CNC(=O)[C@H](Cc3ccccc3)NC(=O)[C@H]3CNCCCC[C@@H](C(=O)O)NC(=O)[C@H]4CSC[C@H](N)C(=O)N[C@@H](CCCCN)C(=O)N[C@@H](CCC(N)=O)C(=O)N[C@H](CSC[C@H](NC1=O)C(=O)N[C@@H]([C@H](O)C(=O)O)C(=O)NCC(=O)N[C@@H](CC(N)=O)C(=O)N4)C(=O)N[C@@H](CS[C@H]2C)C(=O)N3. The Morgan fingerprint density at radius 2 is 0.899 bits per heavy atom. The number of rotatable bonds is 19. The number of thioether (sulfide) groups is 3. The summed E-state index contributed by atoms with van der Waals surface area (Å²) in [7, 11) is 0. The number of nitrogens with one attached hydrogen (secondary N) is 18. The molecule has 5 heterocycles. The van der Waals surface area contributed by atoms with E-state index in [4.69, 9.17) is 22.9 Å². The van der Waals surface area contributed by atoms with Crippen molar-refractivity contribution in [3.63, 3.8) is 0 Å². The minimum atomic E-state index is -2.98. The number of nitrogens with zero attached hydrogens (tertiary/aromatic N) is 1. The fourth-order valence-corrected chi connectivity index (χ4v) is 18.5. The number of amides is 20. The molecule has 0 radical (unpaired) electrons. The summed E-state index contributed by atoms with van der Waals surface area (Å²) in [4.78, 5) is 325. The smallest absolute Gasteiger partial charge is 0.335 e. The first-order valence-corrected chi connectivity index (χ1v) is 48.7. The van der Waals surface area contributed by atoms with Gasteiger partial charge in [0.15, 0.2) is 6.10 Å². The van der Waals surface area contributed by atoms with Crippen LogP contribution in [0.3, 0.4) is 0 Å². The second-order valence-corrected chi connectivity index (χ2v) is 37.8. The largest absolute Gasteiger partial charge is 0.480 e. The molecule has 3 aromatic rings. The van der Waals surface area contributed by atoms with Crippen molar-refractivity contribution in [2.45, 2.75) is 225 Å². The molecule has 48 nitrogen and oxygen atoms in total. The number of carbonyl (C=O) groups excluding carboxylic acids is 20. The molecule has 29 N–H and O–H groups in total. The van der Waals surface area contributed by atoms with Crippen LogP contribution in [0, 0.1) is 5.92 Å². The lowest BCUT2D eigenvalue weighted by Gasteiger charge is -2.32. The highest BCUT2D eigenvalue weighted by atomic mass is 32.2. The summed E-state index contributed by atoms with van der Waals surface area (Å²) in [6, 6.07) is -7.82. The average Bonchev–Trinajstić information content (AvgIpc) is 1.09. The Bertz CT molecular complexity index is 4900. The lowest BCUT2D eigenvalue weighted by atomic mass is 10.00. The number of hydrogen-bond donors (Lipinski definition) is 25. The van der Waals surface area contributed by atoms with Crippen molar-refractivity contribution < 1.29 is 121 Å². The molecule has 0 unspecified atom stereocenters. The predicted molar refractivity (Wildman–Crippen MR) is 503 cm³/mol. The molecule has 6 bridgehead atoms. The first-order valence-electron chi connectivity index (χ1n) is 45.3. The van der Waals surface area contributed by atoms with E-state index in [9.17, 15) is 77.6 Å². The molecule has 5 aliphatic rings. The van der Waals surface area contributed by atoms with E-state index >= 15 is 43.2 Å². The number of aliphatic hydroxyl groups is 1. The molecule has 0 spiro atoms. The zero-order valence-corrected chi connectivity index (χ0v) is 79.1. The molecule has 19 atom stereocenters. The molecule has 758 valence electrons. The topological polar surface area (TPSA) is 760 Å². The number of primary amides is 2. The maximum absolute atomic E-state index is 16.1. The molecule has 5 saturated heterocycles. The van der Waals surface area contributed by atoms with Gasteiger partial charge >= 0.3 is 11.9 Å². The number of unbranched alkanes of at least 4 members (excludes halogenated alkanes) is 1. The Hall–Kier alpha value is -13.1. The molecule has 3 aromatic carbocycles. The van der Waals surface area contributed by atoms with E-state index in [1.807, 2.05) is 10.6 Å². The average molecular weight is 2000 g/mol. The molecule has 0 saturated carbocycles. The minimum Gasteiger partial charge on any atom is -0.480 e. The van der Waals surface area contributed by atoms with E-state index in [1.165, 1.54) is 25.7 Å². The molecule has 5 fully saturated rings. The number of aliphatic hydroxyl groups excluding tert-OH is 1. The summed E-state index contributed by atoms with van der Waals surface area (Å²) >= 11 is 1.85. The Morgan fingerprint density at radius 3 is 1.46 bits per heavy atom. The van der Waals surface area contributed by atoms with Gasteiger partial charge in [-0.05, 0) is 93.5 Å². The summed E-state index contributed by atoms with van der Waals surface area (Å²) in [5.41, 5.74) is 24.9. The highest BCUT2D eigenvalue weighted by Crippen LogP contribution is 2.24. The molecular formula is C88H123N23O25S3. The predicted octanol–water partition coefficient (Wildman–Crippen LogP) is -9.60. The second-order valence-electron chi connectivity index (χ2n) is 34.2. The number of nitrogens with two attached hydrogens (primary N) is 4. The zero-order valence-electron chi connectivity index (χ0n) is 76.7. The highest BCUT2D eigenvalue weighted by Gasteiger charge is 2.45. The van der Waals surface area contributed by atoms with E-state index in [2.05, 4.69) is 85.1 Å². The van der Waals surface area contributed by atoms with Crippen molar-refractivity contribution in [3.05, 3.63) is 108 Å². The van der Waals surface area contributed by atoms with Gasteiger partial charge in [0.2, 0.25) is 118 Å². The summed E-state index contributed by atoms with van der Waals surface area (Å²) in [6.07, 6.45) is -6.62. The van der Waals surface area contributed by atoms with E-state index < -0.39 is 331 Å². The molecule has 139 heavy (non-hydrogen) atoms. The van der Waals surface area contributed by atoms with Crippen molar-refractivity contribution in [2.75, 3.05) is 68.0 Å². The van der Waals surface area contributed by atoms with Gasteiger partial charge in [-0.1, -0.05) is 112 Å². The van der Waals surface area contributed by atoms with Crippen molar-refractivity contribution in [3.8, 4) is 0 Å². The molecule has 20 amide bonds. The van der Waals surface area contributed by atoms with Crippen molar-refractivity contribution in [2.24, 2.45) is 28.9 Å². The van der Waals surface area contributed by atoms with Crippen LogP contribution in [0.15, 0.2) is 91.0 Å². The third kappa shape index (κ3) is 35.4. The summed E-state index contributed by atoms with van der Waals surface area (Å²) in [5, 5.41) is 76.1. The van der Waals surface area contributed by atoms with E-state index in [1.54, 1.807) is 91.0 Å². The Labute approximate surface area is 811 Å². The zero-order chi connectivity index (χ0) is 102. The molecule has 51 heteroatoms. The van der Waals surface area contributed by atoms with Gasteiger partial charge in [-0.2, -0.15) is 35.3 Å². The number of carboxylic acid groups (broad SMARTS) is 2. The standard InChI is InChI=1S/C88H123N23O25S3/c1-44(2)67-85(131)107-60-42-138-41-59-80(126)106-61-43-139-45(3)68(86(132)102-55(76(122)108-67)34-48-22-11-6-12-23-48)109-77(123)54(33-47-20-9-5-10-21-47)101-83(129)62-26-17-31-111(62)66(115)38-95-72(118)53(32-46-18-7-4-8-19-46)100-78(124)57(103-81(61)127)36-93-30-16-14-25-52(87(133)134)99-79(125)58(105-75(121)56(35-64(92)113)96-65(114)37-94-84(130)69(110-82(60)128)70(116)88(135)136)40-137-39-49(90)71(117)97-50(24-13-15-29-89)73(119)98-51(74(120)104-59)27-28-63(91)112/h4-12,18-23,44-45,49-62,67-70,93,116H,13-17,24-43,89-90H2,1-3H3,(H2,91,112)(H2,92,113)(H,94,130)(H,95,118)(H,96,114)(H,97,117)(H,98,119)(H,99,125)(H,100,124)(H,101,129)(H,102,132)(H,103,127)(H,104,120)(H,105,121)(H,106,126)(H,107,131)(H,108,122)(H,109,123)(H,110,128)(H,133,134)(H,135,136)/t45-,49-,50-,51-,52-,53-,54-,55-,56-,57+,58+,59+,60-,61-,62-,67-,68+,69-,70-/m0/s1. The number of benzene rings is 3. The van der Waals surface area contributed by atoms with Crippen molar-refractivity contribution in [1.82, 2.24) is 101 Å². The van der Waals surface area contributed by atoms with Crippen LogP contribution in [0.1, 0.15) is 108 Å². The van der Waals surface area contributed by atoms with E-state index in [0.717, 1.165) is 0 Å². The van der Waals surface area contributed by atoms with Gasteiger partial charge in [-0.3, -0.25) is 95.9 Å². The lowest BCUT2D eigenvalue weighted by Crippen LogP contribution is -2.64. The second kappa shape index (κ2) is 55.5. The quantitative estimate of drug-likeness (QED) is 0.0391. The van der Waals surface area contributed by atoms with Crippen molar-refractivity contribution in [1.29, 1.82) is 0 Å². The van der Waals surface area contributed by atoms with Crippen LogP contribution in [0.2, 0.25) is 0 Å². The van der Waals surface area contributed by atoms with Crippen LogP contribution < -0.4 is 119 Å². The Kier molecular flexibility index (Phi) is 44.4. The summed E-state index contributed by atoms with van der Waals surface area (Å²) in [6.45, 7) is 1.40. The van der Waals surface area contributed by atoms with E-state index in [0.29, 0.717) is 52.0 Å².